The van der Waals surface area contributed by atoms with E-state index in [0.29, 0.717) is 22.0 Å². The number of pyridine rings is 1. The van der Waals surface area contributed by atoms with Crippen molar-refractivity contribution in [3.8, 4) is 17.1 Å². The number of amides is 1. The summed E-state index contributed by atoms with van der Waals surface area (Å²) in [6.45, 7) is 0.248. The van der Waals surface area contributed by atoms with Crippen LogP contribution in [0.4, 0.5) is 19.0 Å². The third kappa shape index (κ3) is 6.36. The van der Waals surface area contributed by atoms with Crippen LogP contribution in [-0.4, -0.2) is 72.4 Å². The van der Waals surface area contributed by atoms with Crippen molar-refractivity contribution in [2.45, 2.75) is 38.8 Å². The number of benzene rings is 1. The highest BCUT2D eigenvalue weighted by Crippen LogP contribution is 2.24. The first-order valence-electron chi connectivity index (χ1n) is 12.2. The second-order valence-electron chi connectivity index (χ2n) is 9.02. The molecule has 2 N–H and O–H groups in total. The Balaban J connectivity index is 1.40. The van der Waals surface area contributed by atoms with Crippen molar-refractivity contribution in [2.75, 3.05) is 5.32 Å². The maximum absolute atomic E-state index is 13.1. The summed E-state index contributed by atoms with van der Waals surface area (Å²) < 4.78 is 43.7. The molecular formula is C24H21ClF3N11O3. The van der Waals surface area contributed by atoms with E-state index >= 15 is 0 Å². The minimum absolute atomic E-state index is 0.0833. The number of halogens is 4. The van der Waals surface area contributed by atoms with Gasteiger partial charge < -0.3 is 10.4 Å². The highest BCUT2D eigenvalue weighted by atomic mass is 35.5. The lowest BCUT2D eigenvalue weighted by Gasteiger charge is -2.15. The van der Waals surface area contributed by atoms with Crippen LogP contribution in [0.1, 0.15) is 11.5 Å². The lowest BCUT2D eigenvalue weighted by molar-refractivity contribution is -0.207. The number of hydrogen-bond donors (Lipinski definition) is 2. The van der Waals surface area contributed by atoms with Gasteiger partial charge in [-0.05, 0) is 43.3 Å². The second-order valence-corrected chi connectivity index (χ2v) is 9.46. The van der Waals surface area contributed by atoms with Crippen molar-refractivity contribution in [3.05, 3.63) is 82.1 Å². The molecule has 218 valence electrons. The summed E-state index contributed by atoms with van der Waals surface area (Å²) >= 11 is 5.92. The molecule has 0 aliphatic heterocycles. The minimum Gasteiger partial charge on any atom is -0.382 e. The molecule has 5 rings (SSSR count). The third-order valence-electron chi connectivity index (χ3n) is 5.84. The van der Waals surface area contributed by atoms with Gasteiger partial charge in [0.25, 0.3) is 0 Å². The predicted molar refractivity (Wildman–Crippen MR) is 141 cm³/mol. The molecule has 1 atom stereocenters. The van der Waals surface area contributed by atoms with E-state index in [4.69, 9.17) is 11.6 Å². The topological polar surface area (TPSA) is 163 Å². The standard InChI is InChI=1S/C24H21ClF3N11O3/c1-14-9-36(35-32-14)12-20(41)31-21-17(3-2-8-29-21)39-13-30-19(33-39)11-38-23(42)37(10-18(40)24(26,27)28)22(34-38)15-4-6-16(25)7-5-15/h2-9,13,18,40H,10-12H2,1H3,(H,29,31,41)/t18-/m0/s1. The first kappa shape index (κ1) is 28.6. The number of carbonyl (C=O) groups is 1. The second kappa shape index (κ2) is 11.5. The number of anilines is 1. The van der Waals surface area contributed by atoms with Crippen molar-refractivity contribution in [1.29, 1.82) is 0 Å². The van der Waals surface area contributed by atoms with Gasteiger partial charge in [-0.25, -0.2) is 28.8 Å². The van der Waals surface area contributed by atoms with Gasteiger partial charge in [0, 0.05) is 23.0 Å². The molecule has 0 fully saturated rings. The van der Waals surface area contributed by atoms with Crippen molar-refractivity contribution in [3.63, 3.8) is 0 Å². The number of rotatable bonds is 9. The van der Waals surface area contributed by atoms with Crippen molar-refractivity contribution >= 4 is 23.3 Å². The maximum atomic E-state index is 13.1. The van der Waals surface area contributed by atoms with Crippen LogP contribution >= 0.6 is 11.6 Å². The first-order valence-corrected chi connectivity index (χ1v) is 12.6. The van der Waals surface area contributed by atoms with Crippen molar-refractivity contribution in [2.24, 2.45) is 0 Å². The summed E-state index contributed by atoms with van der Waals surface area (Å²) in [7, 11) is 0. The lowest BCUT2D eigenvalue weighted by atomic mass is 10.2. The summed E-state index contributed by atoms with van der Waals surface area (Å²) in [6.07, 6.45) is -3.36. The first-order chi connectivity index (χ1) is 20.0. The van der Waals surface area contributed by atoms with Crippen LogP contribution in [0.3, 0.4) is 0 Å². The molecule has 5 aromatic rings. The van der Waals surface area contributed by atoms with Crippen LogP contribution in [0.5, 0.6) is 0 Å². The van der Waals surface area contributed by atoms with E-state index < -0.39 is 30.4 Å². The number of aliphatic hydroxyl groups is 1. The average molecular weight is 604 g/mol. The van der Waals surface area contributed by atoms with E-state index in [1.54, 1.807) is 25.3 Å². The Labute approximate surface area is 239 Å². The third-order valence-corrected chi connectivity index (χ3v) is 6.09. The summed E-state index contributed by atoms with van der Waals surface area (Å²) in [5, 5.41) is 28.9. The Hall–Kier alpha value is -4.90. The van der Waals surface area contributed by atoms with E-state index in [0.717, 1.165) is 9.25 Å². The predicted octanol–water partition coefficient (Wildman–Crippen LogP) is 1.85. The number of aromatic nitrogens is 10. The number of nitrogens with zero attached hydrogens (tertiary/aromatic N) is 10. The largest absolute Gasteiger partial charge is 0.416 e. The summed E-state index contributed by atoms with van der Waals surface area (Å²) in [6, 6.07) is 9.19. The van der Waals surface area contributed by atoms with Gasteiger partial charge in [-0.1, -0.05) is 16.8 Å². The molecule has 0 aliphatic carbocycles. The monoisotopic (exact) mass is 603 g/mol. The van der Waals surface area contributed by atoms with Crippen LogP contribution in [0.2, 0.25) is 5.02 Å². The fourth-order valence-corrected chi connectivity index (χ4v) is 4.01. The zero-order chi connectivity index (χ0) is 30.0. The smallest absolute Gasteiger partial charge is 0.382 e. The lowest BCUT2D eigenvalue weighted by Crippen LogP contribution is -2.37. The van der Waals surface area contributed by atoms with E-state index in [9.17, 15) is 27.9 Å². The van der Waals surface area contributed by atoms with Crippen LogP contribution in [0, 0.1) is 6.92 Å². The molecule has 18 heteroatoms. The average Bonchev–Trinajstić information content (AvgIpc) is 3.65. The number of hydrogen-bond acceptors (Lipinski definition) is 9. The SMILES string of the molecule is Cc1cn(CC(=O)Nc2ncccc2-n2cnc(Cn3nc(-c4ccc(Cl)cc4)n(C[C@H](O)C(F)(F)F)c3=O)n2)nn1. The van der Waals surface area contributed by atoms with Gasteiger partial charge in [0.15, 0.2) is 23.6 Å². The van der Waals surface area contributed by atoms with Gasteiger partial charge in [0.05, 0.1) is 12.2 Å². The number of aliphatic hydroxyl groups excluding tert-OH is 1. The molecule has 0 bridgehead atoms. The number of aryl methyl sites for hydroxylation is 1. The molecule has 4 heterocycles. The van der Waals surface area contributed by atoms with E-state index in [1.165, 1.54) is 46.2 Å². The van der Waals surface area contributed by atoms with Gasteiger partial charge >= 0.3 is 11.9 Å². The molecule has 0 radical (unpaired) electrons. The molecule has 0 unspecified atom stereocenters. The van der Waals surface area contributed by atoms with Crippen LogP contribution in [0.15, 0.2) is 59.9 Å². The Bertz CT molecular complexity index is 1780. The quantitative estimate of drug-likeness (QED) is 0.256. The normalized spacial score (nSPS) is 12.4. The molecule has 14 nitrogen and oxygen atoms in total. The fraction of sp³-hybridized carbons (Fsp3) is 0.250. The Morgan fingerprint density at radius 1 is 1.14 bits per heavy atom. The molecule has 42 heavy (non-hydrogen) atoms. The summed E-state index contributed by atoms with van der Waals surface area (Å²) in [4.78, 5) is 34.0. The molecule has 0 saturated heterocycles. The minimum atomic E-state index is -4.95. The van der Waals surface area contributed by atoms with E-state index in [1.807, 2.05) is 0 Å². The van der Waals surface area contributed by atoms with Gasteiger partial charge in [-0.15, -0.1) is 15.3 Å². The molecule has 1 amide bonds. The maximum Gasteiger partial charge on any atom is 0.416 e. The number of nitrogens with one attached hydrogen (secondary N) is 1. The van der Waals surface area contributed by atoms with Gasteiger partial charge in [-0.3, -0.25) is 9.36 Å². The van der Waals surface area contributed by atoms with E-state index in [2.05, 4.69) is 35.8 Å². The van der Waals surface area contributed by atoms with Crippen molar-refractivity contribution in [1.82, 2.24) is 49.1 Å². The molecule has 0 saturated carbocycles. The highest BCUT2D eigenvalue weighted by molar-refractivity contribution is 6.30. The van der Waals surface area contributed by atoms with Crippen molar-refractivity contribution < 1.29 is 23.1 Å². The number of alkyl halides is 3. The number of carbonyl (C=O) groups excluding carboxylic acids is 1. The molecule has 0 spiro atoms. The van der Waals surface area contributed by atoms with Gasteiger partial charge in [0.2, 0.25) is 5.91 Å². The van der Waals surface area contributed by atoms with Crippen LogP contribution in [0.25, 0.3) is 17.1 Å². The Morgan fingerprint density at radius 3 is 2.60 bits per heavy atom. The van der Waals surface area contributed by atoms with Gasteiger partial charge in [-0.2, -0.15) is 13.2 Å². The molecular weight excluding hydrogens is 583 g/mol. The zero-order valence-electron chi connectivity index (χ0n) is 21.6. The van der Waals surface area contributed by atoms with E-state index in [-0.39, 0.29) is 30.6 Å². The van der Waals surface area contributed by atoms with Gasteiger partial charge in [0.1, 0.15) is 25.1 Å². The summed E-state index contributed by atoms with van der Waals surface area (Å²) in [5.74, 6) is -0.282. The molecule has 4 aromatic heterocycles. The fourth-order valence-electron chi connectivity index (χ4n) is 3.89. The Morgan fingerprint density at radius 2 is 1.90 bits per heavy atom. The summed E-state index contributed by atoms with van der Waals surface area (Å²) in [5.41, 5.74) is 0.391. The van der Waals surface area contributed by atoms with Crippen LogP contribution < -0.4 is 11.0 Å². The zero-order valence-corrected chi connectivity index (χ0v) is 22.4. The van der Waals surface area contributed by atoms with Crippen LogP contribution in [-0.2, 0) is 24.4 Å². The highest BCUT2D eigenvalue weighted by Gasteiger charge is 2.39. The Kier molecular flexibility index (Phi) is 7.86. The molecule has 1 aromatic carbocycles. The molecule has 0 aliphatic rings.